The second-order valence-electron chi connectivity index (χ2n) is 4.95. The molecule has 1 aliphatic rings. The van der Waals surface area contributed by atoms with E-state index in [4.69, 9.17) is 5.73 Å². The van der Waals surface area contributed by atoms with Crippen molar-refractivity contribution in [3.05, 3.63) is 5.69 Å². The van der Waals surface area contributed by atoms with Gasteiger partial charge in [-0.1, -0.05) is 6.92 Å². The Morgan fingerprint density at radius 3 is 2.68 bits per heavy atom. The molecule has 19 heavy (non-hydrogen) atoms. The first-order chi connectivity index (χ1) is 9.13. The molecular formula is C13H23N5O. The maximum absolute atomic E-state index is 11.9. The number of anilines is 2. The van der Waals surface area contributed by atoms with Crippen LogP contribution in [0.5, 0.6) is 0 Å². The summed E-state index contributed by atoms with van der Waals surface area (Å²) < 4.78 is 1.74. The molecule has 6 nitrogen and oxygen atoms in total. The molecule has 3 N–H and O–H groups in total. The van der Waals surface area contributed by atoms with E-state index in [1.54, 1.807) is 4.68 Å². The van der Waals surface area contributed by atoms with Gasteiger partial charge in [-0.2, -0.15) is 5.10 Å². The minimum absolute atomic E-state index is 0.224. The minimum atomic E-state index is 0.224. The summed E-state index contributed by atoms with van der Waals surface area (Å²) in [4.78, 5) is 13.8. The summed E-state index contributed by atoms with van der Waals surface area (Å²) >= 11 is 0. The van der Waals surface area contributed by atoms with Gasteiger partial charge in [0.05, 0.1) is 11.4 Å². The minimum Gasteiger partial charge on any atom is -0.394 e. The largest absolute Gasteiger partial charge is 0.394 e. The fourth-order valence-corrected chi connectivity index (χ4v) is 2.48. The van der Waals surface area contributed by atoms with Gasteiger partial charge in [0.25, 0.3) is 0 Å². The van der Waals surface area contributed by atoms with Gasteiger partial charge in [0.2, 0.25) is 5.91 Å². The standard InChI is InChI=1S/C13H23N5O/c1-3-10-12(14)13(17(2)16-10)15-7-6-11(19)18-8-4-5-9-18/h15H,3-9,14H2,1-2H3. The number of carbonyl (C=O) groups excluding carboxylic acids is 1. The zero-order valence-corrected chi connectivity index (χ0v) is 11.8. The van der Waals surface area contributed by atoms with Crippen molar-refractivity contribution in [1.29, 1.82) is 0 Å². The van der Waals surface area contributed by atoms with Crippen LogP contribution >= 0.6 is 0 Å². The summed E-state index contributed by atoms with van der Waals surface area (Å²) in [5, 5.41) is 7.56. The van der Waals surface area contributed by atoms with Crippen LogP contribution in [-0.4, -0.2) is 40.2 Å². The maximum atomic E-state index is 11.9. The first-order valence-electron chi connectivity index (χ1n) is 6.96. The van der Waals surface area contributed by atoms with Gasteiger partial charge in [-0.25, -0.2) is 0 Å². The molecule has 2 rings (SSSR count). The Balaban J connectivity index is 1.85. The van der Waals surface area contributed by atoms with E-state index in [9.17, 15) is 4.79 Å². The second kappa shape index (κ2) is 5.95. The normalized spacial score (nSPS) is 14.9. The lowest BCUT2D eigenvalue weighted by Gasteiger charge is -2.15. The van der Waals surface area contributed by atoms with Gasteiger partial charge in [-0.3, -0.25) is 9.48 Å². The first-order valence-corrected chi connectivity index (χ1v) is 6.96. The Bertz CT molecular complexity index is 448. The van der Waals surface area contributed by atoms with Crippen LogP contribution in [0.1, 0.15) is 31.9 Å². The Hall–Kier alpha value is -1.72. The van der Waals surface area contributed by atoms with Gasteiger partial charge in [0, 0.05) is 33.1 Å². The quantitative estimate of drug-likeness (QED) is 0.832. The summed E-state index contributed by atoms with van der Waals surface area (Å²) in [7, 11) is 1.86. The number of hydrogen-bond donors (Lipinski definition) is 2. The SMILES string of the molecule is CCc1nn(C)c(NCCC(=O)N2CCCC2)c1N. The Morgan fingerprint density at radius 1 is 1.42 bits per heavy atom. The molecule has 1 amide bonds. The van der Waals surface area contributed by atoms with E-state index in [0.717, 1.165) is 43.9 Å². The Labute approximate surface area is 113 Å². The molecule has 1 fully saturated rings. The van der Waals surface area contributed by atoms with Crippen molar-refractivity contribution in [2.45, 2.75) is 32.6 Å². The maximum Gasteiger partial charge on any atom is 0.224 e. The van der Waals surface area contributed by atoms with Crippen molar-refractivity contribution < 1.29 is 4.79 Å². The zero-order chi connectivity index (χ0) is 13.8. The lowest BCUT2D eigenvalue weighted by molar-refractivity contribution is -0.129. The summed E-state index contributed by atoms with van der Waals surface area (Å²) in [5.74, 6) is 1.03. The third kappa shape index (κ3) is 3.00. The van der Waals surface area contributed by atoms with E-state index in [0.29, 0.717) is 18.7 Å². The van der Waals surface area contributed by atoms with E-state index in [2.05, 4.69) is 10.4 Å². The highest BCUT2D eigenvalue weighted by Crippen LogP contribution is 2.22. The number of hydrogen-bond acceptors (Lipinski definition) is 4. The Morgan fingerprint density at radius 2 is 2.11 bits per heavy atom. The van der Waals surface area contributed by atoms with Gasteiger partial charge in [0.15, 0.2) is 0 Å². The zero-order valence-electron chi connectivity index (χ0n) is 11.8. The molecule has 0 atom stereocenters. The Kier molecular flexibility index (Phi) is 4.29. The highest BCUT2D eigenvalue weighted by atomic mass is 16.2. The molecule has 2 heterocycles. The number of nitrogens with one attached hydrogen (secondary N) is 1. The number of aromatic nitrogens is 2. The lowest BCUT2D eigenvalue weighted by atomic mass is 10.3. The molecule has 1 aliphatic heterocycles. The number of rotatable bonds is 5. The molecule has 0 aliphatic carbocycles. The number of nitrogens with two attached hydrogens (primary N) is 1. The number of nitrogens with zero attached hydrogens (tertiary/aromatic N) is 3. The summed E-state index contributed by atoms with van der Waals surface area (Å²) in [6, 6.07) is 0. The summed E-state index contributed by atoms with van der Waals surface area (Å²) in [6.07, 6.45) is 3.58. The van der Waals surface area contributed by atoms with E-state index in [1.807, 2.05) is 18.9 Å². The van der Waals surface area contributed by atoms with E-state index in [1.165, 1.54) is 0 Å². The molecule has 0 spiro atoms. The van der Waals surface area contributed by atoms with Crippen LogP contribution in [0, 0.1) is 0 Å². The number of aryl methyl sites for hydroxylation is 2. The fraction of sp³-hybridized carbons (Fsp3) is 0.692. The van der Waals surface area contributed by atoms with Gasteiger partial charge in [-0.15, -0.1) is 0 Å². The molecule has 1 aromatic rings. The highest BCUT2D eigenvalue weighted by Gasteiger charge is 2.18. The van der Waals surface area contributed by atoms with Crippen molar-refractivity contribution in [2.75, 3.05) is 30.7 Å². The summed E-state index contributed by atoms with van der Waals surface area (Å²) in [6.45, 7) is 4.45. The molecule has 0 radical (unpaired) electrons. The fourth-order valence-electron chi connectivity index (χ4n) is 2.48. The first kappa shape index (κ1) is 13.7. The van der Waals surface area contributed by atoms with Crippen LogP contribution in [0.15, 0.2) is 0 Å². The van der Waals surface area contributed by atoms with Crippen LogP contribution in [0.3, 0.4) is 0 Å². The number of carbonyl (C=O) groups is 1. The molecule has 1 aromatic heterocycles. The topological polar surface area (TPSA) is 76.2 Å². The van der Waals surface area contributed by atoms with Crippen molar-refractivity contribution in [3.8, 4) is 0 Å². The smallest absolute Gasteiger partial charge is 0.224 e. The molecule has 0 unspecified atom stereocenters. The number of amides is 1. The molecule has 6 heteroatoms. The highest BCUT2D eigenvalue weighted by molar-refractivity contribution is 5.77. The predicted octanol–water partition coefficient (Wildman–Crippen LogP) is 0.989. The molecule has 0 aromatic carbocycles. The molecular weight excluding hydrogens is 242 g/mol. The van der Waals surface area contributed by atoms with Crippen LogP contribution in [0.25, 0.3) is 0 Å². The third-order valence-electron chi connectivity index (χ3n) is 3.59. The van der Waals surface area contributed by atoms with Crippen LogP contribution in [0.4, 0.5) is 11.5 Å². The van der Waals surface area contributed by atoms with Gasteiger partial charge in [-0.05, 0) is 19.3 Å². The number of likely N-dealkylation sites (tertiary alicyclic amines) is 1. The van der Waals surface area contributed by atoms with Gasteiger partial charge in [0.1, 0.15) is 5.82 Å². The van der Waals surface area contributed by atoms with Gasteiger partial charge < -0.3 is 16.0 Å². The second-order valence-corrected chi connectivity index (χ2v) is 4.95. The molecule has 0 bridgehead atoms. The van der Waals surface area contributed by atoms with Crippen molar-refractivity contribution >= 4 is 17.4 Å². The lowest BCUT2D eigenvalue weighted by Crippen LogP contribution is -2.29. The van der Waals surface area contributed by atoms with E-state index >= 15 is 0 Å². The van der Waals surface area contributed by atoms with E-state index < -0.39 is 0 Å². The molecule has 106 valence electrons. The van der Waals surface area contributed by atoms with Gasteiger partial charge >= 0.3 is 0 Å². The third-order valence-corrected chi connectivity index (χ3v) is 3.59. The predicted molar refractivity (Wildman–Crippen MR) is 75.9 cm³/mol. The van der Waals surface area contributed by atoms with Crippen LogP contribution in [0.2, 0.25) is 0 Å². The molecule has 0 saturated carbocycles. The van der Waals surface area contributed by atoms with Crippen molar-refractivity contribution in [3.63, 3.8) is 0 Å². The van der Waals surface area contributed by atoms with Crippen molar-refractivity contribution in [2.24, 2.45) is 7.05 Å². The van der Waals surface area contributed by atoms with E-state index in [-0.39, 0.29) is 5.91 Å². The van der Waals surface area contributed by atoms with Crippen LogP contribution in [-0.2, 0) is 18.3 Å². The average molecular weight is 265 g/mol. The number of nitrogen functional groups attached to an aromatic ring is 1. The molecule has 1 saturated heterocycles. The van der Waals surface area contributed by atoms with Crippen molar-refractivity contribution in [1.82, 2.24) is 14.7 Å². The monoisotopic (exact) mass is 265 g/mol. The summed E-state index contributed by atoms with van der Waals surface area (Å²) in [5.41, 5.74) is 7.60. The average Bonchev–Trinajstić information content (AvgIpc) is 3.01. The van der Waals surface area contributed by atoms with Crippen LogP contribution < -0.4 is 11.1 Å².